The van der Waals surface area contributed by atoms with Gasteiger partial charge in [0.15, 0.2) is 5.69 Å². The zero-order chi connectivity index (χ0) is 21.5. The number of imidazole rings is 1. The second-order valence-corrected chi connectivity index (χ2v) is 7.78. The van der Waals surface area contributed by atoms with Gasteiger partial charge in [-0.25, -0.2) is 18.2 Å². The summed E-state index contributed by atoms with van der Waals surface area (Å²) in [5.41, 5.74) is -4.55. The molecule has 13 heteroatoms. The van der Waals surface area contributed by atoms with Crippen molar-refractivity contribution in [2.45, 2.75) is 31.0 Å². The fraction of sp³-hybridized carbons (Fsp3) is 0.333. The van der Waals surface area contributed by atoms with Crippen LogP contribution in [0, 0.1) is 0 Å². The van der Waals surface area contributed by atoms with Crippen LogP contribution >= 0.6 is 0 Å². The number of rotatable bonds is 5. The van der Waals surface area contributed by atoms with Gasteiger partial charge in [0.05, 0.1) is 23.4 Å². The Kier molecular flexibility index (Phi) is 5.52. The molecule has 6 nitrogen and oxygen atoms in total. The Morgan fingerprint density at radius 2 is 1.75 bits per heavy atom. The quantitative estimate of drug-likeness (QED) is 0.734. The third-order valence-electron chi connectivity index (χ3n) is 3.70. The Morgan fingerprint density at radius 1 is 1.14 bits per heavy atom. The minimum Gasteiger partial charge on any atom is -0.476 e. The highest BCUT2D eigenvalue weighted by Gasteiger charge is 2.38. The number of aromatic carboxylic acids is 1. The number of sulfone groups is 1. The highest BCUT2D eigenvalue weighted by atomic mass is 32.2. The van der Waals surface area contributed by atoms with E-state index in [-0.39, 0.29) is 6.07 Å². The van der Waals surface area contributed by atoms with Crippen molar-refractivity contribution >= 4 is 15.8 Å². The number of nitrogens with zero attached hydrogens (tertiary/aromatic N) is 2. The minimum atomic E-state index is -5.16. The summed E-state index contributed by atoms with van der Waals surface area (Å²) in [5, 5.41) is 8.17. The van der Waals surface area contributed by atoms with Crippen molar-refractivity contribution in [3.63, 3.8) is 0 Å². The summed E-state index contributed by atoms with van der Waals surface area (Å²) >= 11 is 0. The number of hydrogen-bond acceptors (Lipinski definition) is 4. The molecule has 154 valence electrons. The summed E-state index contributed by atoms with van der Waals surface area (Å²) in [6.45, 7) is 0.371. The molecule has 0 amide bonds. The lowest BCUT2D eigenvalue weighted by atomic mass is 10.0. The summed E-state index contributed by atoms with van der Waals surface area (Å²) in [6.07, 6.45) is -9.46. The molecule has 0 radical (unpaired) electrons. The van der Waals surface area contributed by atoms with Crippen LogP contribution in [-0.2, 0) is 28.7 Å². The smallest absolute Gasteiger partial charge is 0.416 e. The fourth-order valence-electron chi connectivity index (χ4n) is 2.33. The highest BCUT2D eigenvalue weighted by molar-refractivity contribution is 7.91. The number of aromatic nitrogens is 2. The maximum absolute atomic E-state index is 13.2. The average Bonchev–Trinajstić information content (AvgIpc) is 2.98. The molecule has 0 aliphatic heterocycles. The highest BCUT2D eigenvalue weighted by Crippen LogP contribution is 2.37. The Balaban J connectivity index is 2.64. The van der Waals surface area contributed by atoms with E-state index < -0.39 is 68.0 Å². The zero-order valence-corrected chi connectivity index (χ0v) is 14.8. The van der Waals surface area contributed by atoms with E-state index >= 15 is 0 Å². The Bertz CT molecular complexity index is 1010. The number of benzene rings is 1. The van der Waals surface area contributed by atoms with E-state index in [0.717, 1.165) is 0 Å². The van der Waals surface area contributed by atoms with Gasteiger partial charge in [-0.1, -0.05) is 13.0 Å². The van der Waals surface area contributed by atoms with Crippen molar-refractivity contribution in [3.8, 4) is 0 Å². The van der Waals surface area contributed by atoms with Crippen LogP contribution in [0.25, 0.3) is 0 Å². The molecule has 0 atom stereocenters. The number of halogens is 6. The first-order valence-corrected chi connectivity index (χ1v) is 9.12. The molecule has 0 aliphatic carbocycles. The van der Waals surface area contributed by atoms with Crippen molar-refractivity contribution in [2.24, 2.45) is 0 Å². The number of alkyl halides is 6. The SMILES string of the molecule is CCS(=O)(=O)c1nc(C(=O)O)cn1Cc1ccc(C(F)(F)F)cc1C(F)(F)F. The lowest BCUT2D eigenvalue weighted by Crippen LogP contribution is -2.17. The summed E-state index contributed by atoms with van der Waals surface area (Å²) in [6, 6.07) is 0.903. The van der Waals surface area contributed by atoms with Gasteiger partial charge in [-0.05, 0) is 17.7 Å². The van der Waals surface area contributed by atoms with Crippen molar-refractivity contribution in [2.75, 3.05) is 5.75 Å². The van der Waals surface area contributed by atoms with Crippen LogP contribution in [0.3, 0.4) is 0 Å². The molecule has 0 bridgehead atoms. The predicted octanol–water partition coefficient (Wildman–Crippen LogP) is 3.46. The molecule has 1 N–H and O–H groups in total. The van der Waals surface area contributed by atoms with Crippen LogP contribution in [0.1, 0.15) is 34.1 Å². The number of carbonyl (C=O) groups is 1. The summed E-state index contributed by atoms with van der Waals surface area (Å²) in [7, 11) is -4.11. The number of carboxylic acids is 1. The second-order valence-electron chi connectivity index (χ2n) is 5.61. The predicted molar refractivity (Wildman–Crippen MR) is 82.5 cm³/mol. The molecule has 1 heterocycles. The van der Waals surface area contributed by atoms with E-state index in [1.54, 1.807) is 0 Å². The van der Waals surface area contributed by atoms with Gasteiger partial charge >= 0.3 is 18.3 Å². The van der Waals surface area contributed by atoms with Gasteiger partial charge in [-0.2, -0.15) is 26.3 Å². The van der Waals surface area contributed by atoms with Gasteiger partial charge in [-0.15, -0.1) is 0 Å². The molecule has 0 spiro atoms. The van der Waals surface area contributed by atoms with Crippen LogP contribution < -0.4 is 0 Å². The lowest BCUT2D eigenvalue weighted by molar-refractivity contribution is -0.143. The number of hydrogen-bond donors (Lipinski definition) is 1. The third kappa shape index (κ3) is 4.46. The van der Waals surface area contributed by atoms with E-state index in [0.29, 0.717) is 22.9 Å². The van der Waals surface area contributed by atoms with Crippen molar-refractivity contribution in [3.05, 3.63) is 46.8 Å². The molecular formula is C15H12F6N2O4S. The van der Waals surface area contributed by atoms with Crippen LogP contribution in [0.15, 0.2) is 29.6 Å². The van der Waals surface area contributed by atoms with E-state index in [1.807, 2.05) is 0 Å². The van der Waals surface area contributed by atoms with E-state index in [2.05, 4.69) is 4.98 Å². The molecule has 0 saturated carbocycles. The maximum atomic E-state index is 13.2. The van der Waals surface area contributed by atoms with Crippen molar-refractivity contribution < 1.29 is 44.7 Å². The molecule has 0 saturated heterocycles. The van der Waals surface area contributed by atoms with Crippen LogP contribution in [0.5, 0.6) is 0 Å². The monoisotopic (exact) mass is 430 g/mol. The maximum Gasteiger partial charge on any atom is 0.416 e. The van der Waals surface area contributed by atoms with Crippen molar-refractivity contribution in [1.29, 1.82) is 0 Å². The standard InChI is InChI=1S/C15H12F6N2O4S/c1-2-28(26,27)13-22-11(12(24)25)7-23(13)6-8-3-4-9(14(16,17)18)5-10(8)15(19,20)21/h3-5,7H,2,6H2,1H3,(H,24,25). The molecule has 28 heavy (non-hydrogen) atoms. The van der Waals surface area contributed by atoms with Gasteiger partial charge in [0, 0.05) is 6.20 Å². The Morgan fingerprint density at radius 3 is 2.21 bits per heavy atom. The largest absolute Gasteiger partial charge is 0.476 e. The van der Waals surface area contributed by atoms with E-state index in [1.165, 1.54) is 6.92 Å². The second kappa shape index (κ2) is 7.11. The topological polar surface area (TPSA) is 89.3 Å². The van der Waals surface area contributed by atoms with Crippen molar-refractivity contribution in [1.82, 2.24) is 9.55 Å². The van der Waals surface area contributed by atoms with Crippen LogP contribution in [0.2, 0.25) is 0 Å². The average molecular weight is 430 g/mol. The molecule has 0 aliphatic rings. The van der Waals surface area contributed by atoms with E-state index in [4.69, 9.17) is 5.11 Å². The molecule has 1 aromatic heterocycles. The third-order valence-corrected chi connectivity index (χ3v) is 5.34. The van der Waals surface area contributed by atoms with Gasteiger partial charge in [0.2, 0.25) is 15.0 Å². The first-order chi connectivity index (χ1) is 12.7. The Labute approximate surface area is 154 Å². The minimum absolute atomic E-state index is 0.0850. The zero-order valence-electron chi connectivity index (χ0n) is 14.0. The van der Waals surface area contributed by atoms with E-state index in [9.17, 15) is 39.6 Å². The van der Waals surface area contributed by atoms with Gasteiger partial charge in [-0.3, -0.25) is 0 Å². The molecule has 2 rings (SSSR count). The summed E-state index contributed by atoms with van der Waals surface area (Å²) in [4.78, 5) is 14.5. The molecule has 0 fully saturated rings. The molecule has 2 aromatic rings. The molecule has 0 unspecified atom stereocenters. The van der Waals surface area contributed by atoms with Gasteiger partial charge in [0.1, 0.15) is 0 Å². The molecular weight excluding hydrogens is 418 g/mol. The summed E-state index contributed by atoms with van der Waals surface area (Å²) in [5.74, 6) is -2.13. The lowest BCUT2D eigenvalue weighted by Gasteiger charge is -2.17. The normalized spacial score (nSPS) is 13.0. The van der Waals surface area contributed by atoms with Gasteiger partial charge in [0.25, 0.3) is 0 Å². The van der Waals surface area contributed by atoms with Crippen LogP contribution in [-0.4, -0.2) is 34.8 Å². The first-order valence-electron chi connectivity index (χ1n) is 7.47. The summed E-state index contributed by atoms with van der Waals surface area (Å²) < 4.78 is 103. The first kappa shape index (κ1) is 21.7. The van der Waals surface area contributed by atoms with Gasteiger partial charge < -0.3 is 9.67 Å². The molecule has 1 aromatic carbocycles. The Hall–Kier alpha value is -2.57. The number of carboxylic acid groups (broad SMARTS) is 1. The fourth-order valence-corrected chi connectivity index (χ4v) is 3.30. The van der Waals surface area contributed by atoms with Crippen LogP contribution in [0.4, 0.5) is 26.3 Å².